The van der Waals surface area contributed by atoms with Gasteiger partial charge in [0.25, 0.3) is 0 Å². The van der Waals surface area contributed by atoms with Gasteiger partial charge in [-0.25, -0.2) is 4.99 Å². The standard InChI is InChI=1S/C23H37N7.HI/c1-3-24-23(25-11-7-13-30-14-8-12-27-30)26-19-21-9-5-6-10-22(21)20-29-17-15-28(4-2)16-18-29;/h5-6,8-10,12,14H,3-4,7,11,13,15-20H2,1-2H3,(H2,24,25,26);1H. The molecule has 2 N–H and O–H groups in total. The molecule has 1 aromatic carbocycles. The molecule has 0 atom stereocenters. The van der Waals surface area contributed by atoms with Gasteiger partial charge >= 0.3 is 0 Å². The first-order valence-corrected chi connectivity index (χ1v) is 11.3. The van der Waals surface area contributed by atoms with E-state index < -0.39 is 0 Å². The summed E-state index contributed by atoms with van der Waals surface area (Å²) in [6, 6.07) is 10.7. The van der Waals surface area contributed by atoms with Crippen molar-refractivity contribution in [1.29, 1.82) is 0 Å². The molecule has 172 valence electrons. The van der Waals surface area contributed by atoms with E-state index in [1.54, 1.807) is 0 Å². The maximum atomic E-state index is 4.84. The third-order valence-electron chi connectivity index (χ3n) is 5.59. The highest BCUT2D eigenvalue weighted by Crippen LogP contribution is 2.14. The number of halogens is 1. The number of nitrogens with zero attached hydrogens (tertiary/aromatic N) is 5. The van der Waals surface area contributed by atoms with Crippen LogP contribution in [0.25, 0.3) is 0 Å². The summed E-state index contributed by atoms with van der Waals surface area (Å²) in [5.74, 6) is 0.879. The quantitative estimate of drug-likeness (QED) is 0.211. The number of hydrogen-bond acceptors (Lipinski definition) is 4. The summed E-state index contributed by atoms with van der Waals surface area (Å²) in [6.07, 6.45) is 4.82. The van der Waals surface area contributed by atoms with Gasteiger partial charge in [-0.2, -0.15) is 5.10 Å². The average Bonchev–Trinajstić information content (AvgIpc) is 3.30. The van der Waals surface area contributed by atoms with E-state index in [0.717, 1.165) is 58.2 Å². The van der Waals surface area contributed by atoms with Gasteiger partial charge in [-0.3, -0.25) is 9.58 Å². The van der Waals surface area contributed by atoms with E-state index in [9.17, 15) is 0 Å². The average molecular weight is 540 g/mol. The Morgan fingerprint density at radius 3 is 2.42 bits per heavy atom. The van der Waals surface area contributed by atoms with Crippen molar-refractivity contribution in [3.05, 3.63) is 53.9 Å². The van der Waals surface area contributed by atoms with Gasteiger partial charge in [0.1, 0.15) is 0 Å². The number of guanidine groups is 1. The molecule has 0 saturated carbocycles. The molecule has 3 rings (SSSR count). The van der Waals surface area contributed by atoms with Crippen LogP contribution in [-0.4, -0.2) is 71.4 Å². The van der Waals surface area contributed by atoms with Crippen LogP contribution in [-0.2, 0) is 19.6 Å². The lowest BCUT2D eigenvalue weighted by molar-refractivity contribution is 0.131. The lowest BCUT2D eigenvalue weighted by Crippen LogP contribution is -2.45. The van der Waals surface area contributed by atoms with Gasteiger partial charge in [0.15, 0.2) is 5.96 Å². The van der Waals surface area contributed by atoms with Crippen molar-refractivity contribution in [1.82, 2.24) is 30.2 Å². The number of benzene rings is 1. The van der Waals surface area contributed by atoms with Gasteiger partial charge in [0, 0.05) is 64.8 Å². The molecule has 2 aromatic rings. The monoisotopic (exact) mass is 539 g/mol. The first kappa shape index (κ1) is 25.6. The van der Waals surface area contributed by atoms with Crippen LogP contribution >= 0.6 is 24.0 Å². The Morgan fingerprint density at radius 1 is 1.00 bits per heavy atom. The molecule has 0 bridgehead atoms. The van der Waals surface area contributed by atoms with Gasteiger partial charge in [0.05, 0.1) is 6.54 Å². The fourth-order valence-corrected chi connectivity index (χ4v) is 3.76. The van der Waals surface area contributed by atoms with E-state index in [1.807, 2.05) is 23.1 Å². The first-order valence-electron chi connectivity index (χ1n) is 11.3. The highest BCUT2D eigenvalue weighted by molar-refractivity contribution is 14.0. The molecule has 1 fully saturated rings. The zero-order valence-electron chi connectivity index (χ0n) is 19.0. The summed E-state index contributed by atoms with van der Waals surface area (Å²) >= 11 is 0. The van der Waals surface area contributed by atoms with Crippen LogP contribution in [0.5, 0.6) is 0 Å². The van der Waals surface area contributed by atoms with Gasteiger partial charge in [-0.15, -0.1) is 24.0 Å². The molecule has 7 nitrogen and oxygen atoms in total. The number of piperazine rings is 1. The molecule has 8 heteroatoms. The molecule has 0 aliphatic carbocycles. The topological polar surface area (TPSA) is 60.7 Å². The van der Waals surface area contributed by atoms with Gasteiger partial charge in [-0.1, -0.05) is 31.2 Å². The van der Waals surface area contributed by atoms with Crippen LogP contribution in [0.2, 0.25) is 0 Å². The summed E-state index contributed by atoms with van der Waals surface area (Å²) in [4.78, 5) is 9.93. The Labute approximate surface area is 204 Å². The van der Waals surface area contributed by atoms with Crippen LogP contribution < -0.4 is 10.6 Å². The number of likely N-dealkylation sites (N-methyl/N-ethyl adjacent to an activating group) is 1. The molecule has 31 heavy (non-hydrogen) atoms. The molecule has 1 saturated heterocycles. The summed E-state index contributed by atoms with van der Waals surface area (Å²) in [6.45, 7) is 14.5. The number of aliphatic imine (C=N–C) groups is 1. The van der Waals surface area contributed by atoms with Crippen LogP contribution in [0.3, 0.4) is 0 Å². The fourth-order valence-electron chi connectivity index (χ4n) is 3.76. The Morgan fingerprint density at radius 2 is 1.74 bits per heavy atom. The van der Waals surface area contributed by atoms with Crippen molar-refractivity contribution in [3.8, 4) is 0 Å². The first-order chi connectivity index (χ1) is 14.8. The molecule has 2 heterocycles. The van der Waals surface area contributed by atoms with E-state index >= 15 is 0 Å². The number of hydrogen-bond donors (Lipinski definition) is 2. The molecule has 0 unspecified atom stereocenters. The van der Waals surface area contributed by atoms with E-state index in [4.69, 9.17) is 4.99 Å². The van der Waals surface area contributed by atoms with Crippen LogP contribution in [0, 0.1) is 0 Å². The highest BCUT2D eigenvalue weighted by Gasteiger charge is 2.16. The van der Waals surface area contributed by atoms with Crippen LogP contribution in [0.4, 0.5) is 0 Å². The molecule has 1 aromatic heterocycles. The lowest BCUT2D eigenvalue weighted by atomic mass is 10.1. The van der Waals surface area contributed by atoms with Gasteiger partial charge < -0.3 is 15.5 Å². The second-order valence-electron chi connectivity index (χ2n) is 7.72. The second kappa shape index (κ2) is 14.4. The third-order valence-corrected chi connectivity index (χ3v) is 5.59. The molecular formula is C23H38IN7. The molecule has 1 aliphatic heterocycles. The van der Waals surface area contributed by atoms with Crippen molar-refractivity contribution in [2.45, 2.75) is 39.9 Å². The Kier molecular flexibility index (Phi) is 11.9. The molecular weight excluding hydrogens is 501 g/mol. The third kappa shape index (κ3) is 8.78. The lowest BCUT2D eigenvalue weighted by Gasteiger charge is -2.34. The van der Waals surface area contributed by atoms with Crippen molar-refractivity contribution in [2.24, 2.45) is 4.99 Å². The van der Waals surface area contributed by atoms with E-state index in [1.165, 1.54) is 24.2 Å². The minimum Gasteiger partial charge on any atom is -0.357 e. The SMILES string of the molecule is CCNC(=NCc1ccccc1CN1CCN(CC)CC1)NCCCn1cccn1.I. The largest absolute Gasteiger partial charge is 0.357 e. The Hall–Kier alpha value is -1.65. The smallest absolute Gasteiger partial charge is 0.191 e. The highest BCUT2D eigenvalue weighted by atomic mass is 127. The van der Waals surface area contributed by atoms with Gasteiger partial charge in [-0.05, 0) is 37.1 Å². The number of aryl methyl sites for hydroxylation is 1. The van der Waals surface area contributed by atoms with E-state index in [-0.39, 0.29) is 24.0 Å². The maximum Gasteiger partial charge on any atom is 0.191 e. The summed E-state index contributed by atoms with van der Waals surface area (Å²) < 4.78 is 1.96. The molecule has 0 radical (unpaired) electrons. The zero-order chi connectivity index (χ0) is 21.0. The summed E-state index contributed by atoms with van der Waals surface area (Å²) in [5, 5.41) is 11.1. The number of aromatic nitrogens is 2. The predicted octanol–water partition coefficient (Wildman–Crippen LogP) is 2.78. The van der Waals surface area contributed by atoms with Crippen LogP contribution in [0.1, 0.15) is 31.4 Å². The second-order valence-corrected chi connectivity index (χ2v) is 7.72. The van der Waals surface area contributed by atoms with Crippen molar-refractivity contribution in [2.75, 3.05) is 45.8 Å². The zero-order valence-corrected chi connectivity index (χ0v) is 21.3. The maximum absolute atomic E-state index is 4.84. The Bertz CT molecular complexity index is 755. The number of rotatable bonds is 10. The van der Waals surface area contributed by atoms with E-state index in [0.29, 0.717) is 6.54 Å². The van der Waals surface area contributed by atoms with Crippen molar-refractivity contribution < 1.29 is 0 Å². The van der Waals surface area contributed by atoms with Crippen molar-refractivity contribution >= 4 is 29.9 Å². The minimum atomic E-state index is 0. The van der Waals surface area contributed by atoms with Crippen molar-refractivity contribution in [3.63, 3.8) is 0 Å². The van der Waals surface area contributed by atoms with Crippen LogP contribution in [0.15, 0.2) is 47.7 Å². The van der Waals surface area contributed by atoms with E-state index in [2.05, 4.69) is 63.6 Å². The summed E-state index contributed by atoms with van der Waals surface area (Å²) in [5.41, 5.74) is 2.70. The predicted molar refractivity (Wildman–Crippen MR) is 139 cm³/mol. The minimum absolute atomic E-state index is 0. The molecule has 1 aliphatic rings. The molecule has 0 amide bonds. The normalized spacial score (nSPS) is 15.5. The number of nitrogens with one attached hydrogen (secondary N) is 2. The summed E-state index contributed by atoms with van der Waals surface area (Å²) in [7, 11) is 0. The molecule has 0 spiro atoms. The van der Waals surface area contributed by atoms with Gasteiger partial charge in [0.2, 0.25) is 0 Å². The fraction of sp³-hybridized carbons (Fsp3) is 0.565. The Balaban J connectivity index is 0.00000341.